The molecule has 4 aromatic rings. The summed E-state index contributed by atoms with van der Waals surface area (Å²) in [4.78, 5) is 39.5. The molecule has 1 heterocycles. The number of nitrogens with one attached hydrogen (secondary N) is 4. The van der Waals surface area contributed by atoms with Gasteiger partial charge in [-0.3, -0.25) is 9.59 Å². The summed E-state index contributed by atoms with van der Waals surface area (Å²) in [6, 6.07) is 20.1. The van der Waals surface area contributed by atoms with E-state index in [1.807, 2.05) is 70.2 Å². The maximum Gasteiger partial charge on any atom is 0.407 e. The molecule has 1 aliphatic carbocycles. The van der Waals surface area contributed by atoms with Gasteiger partial charge in [0.1, 0.15) is 11.6 Å². The summed E-state index contributed by atoms with van der Waals surface area (Å²) in [5.74, 6) is 0.0166. The van der Waals surface area contributed by atoms with Crippen molar-refractivity contribution in [3.63, 3.8) is 0 Å². The number of carbonyl (C=O) groups excluding carboxylic acids is 3. The zero-order valence-electron chi connectivity index (χ0n) is 27.9. The Bertz CT molecular complexity index is 1710. The van der Waals surface area contributed by atoms with Gasteiger partial charge in [-0.15, -0.1) is 10.2 Å². The summed E-state index contributed by atoms with van der Waals surface area (Å²) >= 11 is 0. The number of nitrogens with zero attached hydrogens (tertiary/aromatic N) is 3. The van der Waals surface area contributed by atoms with E-state index in [2.05, 4.69) is 36.6 Å². The molecule has 3 aromatic carbocycles. The second-order valence-electron chi connectivity index (χ2n) is 13.4. The van der Waals surface area contributed by atoms with E-state index in [-0.39, 0.29) is 23.7 Å². The monoisotopic (exact) mass is 652 g/mol. The number of alkyl carbamates (subject to hydrolysis) is 1. The van der Waals surface area contributed by atoms with Gasteiger partial charge in [-0.05, 0) is 123 Å². The average molecular weight is 653 g/mol. The molecule has 0 saturated heterocycles. The van der Waals surface area contributed by atoms with E-state index in [0.717, 1.165) is 40.7 Å². The molecule has 1 saturated carbocycles. The normalized spacial score (nSPS) is 16.8. The van der Waals surface area contributed by atoms with E-state index in [1.54, 1.807) is 24.3 Å². The quantitative estimate of drug-likeness (QED) is 0.141. The van der Waals surface area contributed by atoms with E-state index < -0.39 is 17.7 Å². The molecule has 12 nitrogen and oxygen atoms in total. The van der Waals surface area contributed by atoms with Crippen molar-refractivity contribution < 1.29 is 19.1 Å². The van der Waals surface area contributed by atoms with Crippen LogP contribution in [0.15, 0.2) is 66.7 Å². The van der Waals surface area contributed by atoms with Crippen LogP contribution in [0, 0.1) is 18.8 Å². The Morgan fingerprint density at radius 1 is 0.979 bits per heavy atom. The first-order valence-electron chi connectivity index (χ1n) is 16.3. The van der Waals surface area contributed by atoms with Gasteiger partial charge < -0.3 is 26.4 Å². The molecular formula is C36H44N8O4. The minimum Gasteiger partial charge on any atom is -0.444 e. The molecule has 12 heteroatoms. The highest BCUT2D eigenvalue weighted by Gasteiger charge is 2.30. The summed E-state index contributed by atoms with van der Waals surface area (Å²) in [5.41, 5.74) is 11.5. The van der Waals surface area contributed by atoms with Crippen molar-refractivity contribution >= 4 is 29.3 Å². The number of carbonyl (C=O) groups is 3. The first-order chi connectivity index (χ1) is 22.9. The molecule has 1 aliphatic rings. The molecule has 5 rings (SSSR count). The Hall–Kier alpha value is -5.26. The van der Waals surface area contributed by atoms with Crippen LogP contribution in [0.3, 0.4) is 0 Å². The zero-order chi connectivity index (χ0) is 34.3. The van der Waals surface area contributed by atoms with Gasteiger partial charge in [0.25, 0.3) is 0 Å². The number of tetrazole rings is 1. The van der Waals surface area contributed by atoms with E-state index in [0.29, 0.717) is 43.0 Å². The van der Waals surface area contributed by atoms with Crippen LogP contribution < -0.4 is 21.7 Å². The van der Waals surface area contributed by atoms with Gasteiger partial charge in [0.15, 0.2) is 0 Å². The van der Waals surface area contributed by atoms with Crippen molar-refractivity contribution in [2.24, 2.45) is 11.8 Å². The van der Waals surface area contributed by atoms with E-state index in [1.165, 1.54) is 0 Å². The Morgan fingerprint density at radius 2 is 1.73 bits per heavy atom. The number of nitrogens with two attached hydrogens (primary N) is 1. The fourth-order valence-electron chi connectivity index (χ4n) is 6.00. The van der Waals surface area contributed by atoms with Gasteiger partial charge in [0.05, 0.1) is 0 Å². The van der Waals surface area contributed by atoms with Crippen LogP contribution in [0.2, 0.25) is 0 Å². The molecule has 0 radical (unpaired) electrons. The van der Waals surface area contributed by atoms with E-state index in [4.69, 9.17) is 10.5 Å². The first-order valence-corrected chi connectivity index (χ1v) is 16.3. The SMILES string of the molecule is Cc1cc(N)ccc1-c1cccc(C[C@H](NC(=O)C2CCC(CNC(=O)OC(C)(C)C)CC2)C(=O)Nc2ccc(-c3nn[nH]n3)cc2)c1. The summed E-state index contributed by atoms with van der Waals surface area (Å²) in [6.07, 6.45) is 2.79. The van der Waals surface area contributed by atoms with Gasteiger partial charge >= 0.3 is 6.09 Å². The predicted molar refractivity (Wildman–Crippen MR) is 185 cm³/mol. The predicted octanol–water partition coefficient (Wildman–Crippen LogP) is 5.42. The van der Waals surface area contributed by atoms with Crippen LogP contribution in [0.25, 0.3) is 22.5 Å². The lowest BCUT2D eigenvalue weighted by molar-refractivity contribution is -0.130. The summed E-state index contributed by atoms with van der Waals surface area (Å²) < 4.78 is 5.34. The average Bonchev–Trinajstić information content (AvgIpc) is 3.59. The number of hydrogen-bond donors (Lipinski definition) is 5. The molecular weight excluding hydrogens is 608 g/mol. The van der Waals surface area contributed by atoms with Crippen LogP contribution >= 0.6 is 0 Å². The highest BCUT2D eigenvalue weighted by Crippen LogP contribution is 2.30. The second kappa shape index (κ2) is 15.1. The minimum atomic E-state index is -0.816. The molecule has 1 atom stereocenters. The van der Waals surface area contributed by atoms with Crippen molar-refractivity contribution in [3.05, 3.63) is 77.9 Å². The number of amides is 3. The lowest BCUT2D eigenvalue weighted by Crippen LogP contribution is -2.48. The number of H-pyrrole nitrogens is 1. The number of aromatic nitrogens is 4. The molecule has 1 aromatic heterocycles. The lowest BCUT2D eigenvalue weighted by Gasteiger charge is -2.29. The van der Waals surface area contributed by atoms with Crippen molar-refractivity contribution in [2.75, 3.05) is 17.6 Å². The molecule has 0 bridgehead atoms. The van der Waals surface area contributed by atoms with Gasteiger partial charge in [-0.2, -0.15) is 5.21 Å². The highest BCUT2D eigenvalue weighted by atomic mass is 16.6. The zero-order valence-corrected chi connectivity index (χ0v) is 27.9. The standard InChI is InChI=1S/C36H44N8O4/c1-22-18-28(37)14-17-30(22)27-7-5-6-24(19-27)20-31(34(46)39-29-15-12-25(13-16-29)32-41-43-44-42-32)40-33(45)26-10-8-23(9-11-26)21-38-35(47)48-36(2,3)4/h5-7,12-19,23,26,31H,8-11,20-21,37H2,1-4H3,(H,38,47)(H,39,46)(H,40,45)(H,41,42,43,44)/t23?,26?,31-/m0/s1. The minimum absolute atomic E-state index is 0.147. The van der Waals surface area contributed by atoms with Crippen LogP contribution in [0.5, 0.6) is 0 Å². The Morgan fingerprint density at radius 3 is 2.40 bits per heavy atom. The third-order valence-electron chi connectivity index (χ3n) is 8.47. The van der Waals surface area contributed by atoms with Crippen LogP contribution in [-0.2, 0) is 20.7 Å². The summed E-state index contributed by atoms with van der Waals surface area (Å²) in [7, 11) is 0. The van der Waals surface area contributed by atoms with Crippen molar-refractivity contribution in [2.45, 2.75) is 71.4 Å². The molecule has 0 spiro atoms. The fraction of sp³-hybridized carbons (Fsp3) is 0.389. The number of nitrogen functional groups attached to an aromatic ring is 1. The van der Waals surface area contributed by atoms with Crippen LogP contribution in [-0.4, -0.2) is 56.7 Å². The van der Waals surface area contributed by atoms with Gasteiger partial charge in [0, 0.05) is 35.8 Å². The van der Waals surface area contributed by atoms with Gasteiger partial charge in [-0.25, -0.2) is 4.79 Å². The third kappa shape index (κ3) is 9.40. The Balaban J connectivity index is 1.26. The third-order valence-corrected chi connectivity index (χ3v) is 8.47. The van der Waals surface area contributed by atoms with E-state index in [9.17, 15) is 14.4 Å². The van der Waals surface area contributed by atoms with Gasteiger partial charge in [0.2, 0.25) is 17.6 Å². The molecule has 0 unspecified atom stereocenters. The van der Waals surface area contributed by atoms with Crippen molar-refractivity contribution in [3.8, 4) is 22.5 Å². The maximum absolute atomic E-state index is 13.8. The largest absolute Gasteiger partial charge is 0.444 e. The molecule has 48 heavy (non-hydrogen) atoms. The number of aromatic amines is 1. The number of hydrogen-bond acceptors (Lipinski definition) is 8. The Labute approximate surface area is 280 Å². The number of aryl methyl sites for hydroxylation is 1. The molecule has 0 aliphatic heterocycles. The van der Waals surface area contributed by atoms with E-state index >= 15 is 0 Å². The molecule has 3 amide bonds. The maximum atomic E-state index is 13.8. The lowest BCUT2D eigenvalue weighted by atomic mass is 9.81. The molecule has 1 fully saturated rings. The molecule has 252 valence electrons. The second-order valence-corrected chi connectivity index (χ2v) is 13.4. The smallest absolute Gasteiger partial charge is 0.407 e. The number of anilines is 2. The fourth-order valence-corrected chi connectivity index (χ4v) is 6.00. The number of rotatable bonds is 10. The van der Waals surface area contributed by atoms with Gasteiger partial charge in [-0.1, -0.05) is 30.3 Å². The number of ether oxygens (including phenoxy) is 1. The highest BCUT2D eigenvalue weighted by molar-refractivity contribution is 5.97. The van der Waals surface area contributed by atoms with Crippen LogP contribution in [0.1, 0.15) is 57.6 Å². The topological polar surface area (TPSA) is 177 Å². The first kappa shape index (κ1) is 34.1. The summed E-state index contributed by atoms with van der Waals surface area (Å²) in [6.45, 7) is 8.00. The van der Waals surface area contributed by atoms with Crippen molar-refractivity contribution in [1.82, 2.24) is 31.3 Å². The van der Waals surface area contributed by atoms with Crippen molar-refractivity contribution in [1.29, 1.82) is 0 Å². The summed E-state index contributed by atoms with van der Waals surface area (Å²) in [5, 5.41) is 22.9. The number of benzene rings is 3. The molecule has 6 N–H and O–H groups in total. The van der Waals surface area contributed by atoms with Crippen LogP contribution in [0.4, 0.5) is 16.2 Å². The Kier molecular flexibility index (Phi) is 10.7.